The van der Waals surface area contributed by atoms with Gasteiger partial charge in [-0.1, -0.05) is 6.92 Å². The highest BCUT2D eigenvalue weighted by molar-refractivity contribution is 5.95. The van der Waals surface area contributed by atoms with Gasteiger partial charge in [-0.05, 0) is 45.2 Å². The normalized spacial score (nSPS) is 21.1. The van der Waals surface area contributed by atoms with Crippen LogP contribution in [0.25, 0.3) is 0 Å². The molecule has 19 heavy (non-hydrogen) atoms. The fourth-order valence-corrected chi connectivity index (χ4v) is 2.69. The molecular weight excluding hydrogens is 240 g/mol. The molecule has 2 atom stereocenters. The third kappa shape index (κ3) is 3.35. The third-order valence-electron chi connectivity index (χ3n) is 3.89. The summed E-state index contributed by atoms with van der Waals surface area (Å²) in [5.74, 6) is 0.530. The predicted molar refractivity (Wildman–Crippen MR) is 75.1 cm³/mol. The monoisotopic (exact) mass is 264 g/mol. The lowest BCUT2D eigenvalue weighted by atomic mass is 9.92. The predicted octanol–water partition coefficient (Wildman–Crippen LogP) is 1.10. The van der Waals surface area contributed by atoms with Gasteiger partial charge in [0.05, 0.1) is 11.3 Å². The number of rotatable bonds is 4. The first-order chi connectivity index (χ1) is 9.11. The molecule has 0 bridgehead atoms. The molecule has 2 unspecified atom stereocenters. The Morgan fingerprint density at radius 1 is 1.68 bits per heavy atom. The second kappa shape index (κ2) is 6.19. The summed E-state index contributed by atoms with van der Waals surface area (Å²) in [6, 6.07) is 0.199. The molecular formula is C14H24N4O. The van der Waals surface area contributed by atoms with Crippen LogP contribution < -0.4 is 10.6 Å². The topological polar surface area (TPSA) is 59.0 Å². The largest absolute Gasteiger partial charge is 0.349 e. The maximum atomic E-state index is 12.3. The van der Waals surface area contributed by atoms with Gasteiger partial charge >= 0.3 is 0 Å². The lowest BCUT2D eigenvalue weighted by molar-refractivity contribution is 0.0921. The smallest absolute Gasteiger partial charge is 0.254 e. The van der Waals surface area contributed by atoms with Crippen molar-refractivity contribution in [2.75, 3.05) is 13.1 Å². The average Bonchev–Trinajstić information content (AvgIpc) is 2.81. The minimum Gasteiger partial charge on any atom is -0.349 e. The average molecular weight is 264 g/mol. The first kappa shape index (κ1) is 14.1. The van der Waals surface area contributed by atoms with E-state index >= 15 is 0 Å². The summed E-state index contributed by atoms with van der Waals surface area (Å²) in [5.41, 5.74) is 1.58. The maximum absolute atomic E-state index is 12.3. The molecule has 1 aliphatic rings. The van der Waals surface area contributed by atoms with Gasteiger partial charge in [0, 0.05) is 19.3 Å². The van der Waals surface area contributed by atoms with Gasteiger partial charge in [-0.2, -0.15) is 5.10 Å². The zero-order valence-electron chi connectivity index (χ0n) is 12.1. The minimum absolute atomic E-state index is 0.00280. The molecule has 1 aliphatic heterocycles. The molecule has 1 fully saturated rings. The summed E-state index contributed by atoms with van der Waals surface area (Å²) < 4.78 is 1.71. The number of hydrogen-bond donors (Lipinski definition) is 2. The van der Waals surface area contributed by atoms with Crippen molar-refractivity contribution in [2.24, 2.45) is 13.0 Å². The van der Waals surface area contributed by atoms with Gasteiger partial charge in [0.15, 0.2) is 0 Å². The summed E-state index contributed by atoms with van der Waals surface area (Å²) in [6.45, 7) is 6.21. The van der Waals surface area contributed by atoms with Gasteiger partial charge in [0.2, 0.25) is 0 Å². The van der Waals surface area contributed by atoms with Crippen LogP contribution in [0.1, 0.15) is 42.7 Å². The Bertz CT molecular complexity index is 435. The Labute approximate surface area is 114 Å². The minimum atomic E-state index is 0.00280. The van der Waals surface area contributed by atoms with Gasteiger partial charge in [-0.3, -0.25) is 9.48 Å². The standard InChI is InChI=1S/C14H24N4O/c1-4-13-12(9-18(3)17-13)14(19)16-10(2)11-6-5-7-15-8-11/h9-11,15H,4-8H2,1-3H3,(H,16,19). The molecule has 2 N–H and O–H groups in total. The van der Waals surface area contributed by atoms with Crippen molar-refractivity contribution in [1.29, 1.82) is 0 Å². The van der Waals surface area contributed by atoms with E-state index in [4.69, 9.17) is 0 Å². The zero-order chi connectivity index (χ0) is 13.8. The molecule has 0 spiro atoms. The molecule has 1 saturated heterocycles. The molecule has 1 aromatic rings. The molecule has 5 nitrogen and oxygen atoms in total. The molecule has 2 heterocycles. The molecule has 106 valence electrons. The van der Waals surface area contributed by atoms with Gasteiger partial charge in [0.1, 0.15) is 0 Å². The lowest BCUT2D eigenvalue weighted by Gasteiger charge is -2.28. The number of aryl methyl sites for hydroxylation is 2. The number of aromatic nitrogens is 2. The number of piperidine rings is 1. The highest BCUT2D eigenvalue weighted by Crippen LogP contribution is 2.15. The second-order valence-electron chi connectivity index (χ2n) is 5.39. The van der Waals surface area contributed by atoms with Gasteiger partial charge in [-0.15, -0.1) is 0 Å². The van der Waals surface area contributed by atoms with Crippen molar-refractivity contribution in [2.45, 2.75) is 39.2 Å². The summed E-state index contributed by atoms with van der Waals surface area (Å²) in [4.78, 5) is 12.3. The van der Waals surface area contributed by atoms with E-state index in [2.05, 4.69) is 22.7 Å². The highest BCUT2D eigenvalue weighted by atomic mass is 16.1. The van der Waals surface area contributed by atoms with E-state index in [9.17, 15) is 4.79 Å². The number of amides is 1. The third-order valence-corrected chi connectivity index (χ3v) is 3.89. The van der Waals surface area contributed by atoms with Crippen LogP contribution in [0.3, 0.4) is 0 Å². The number of hydrogen-bond acceptors (Lipinski definition) is 3. The van der Waals surface area contributed by atoms with Crippen LogP contribution in [0.5, 0.6) is 0 Å². The molecule has 0 saturated carbocycles. The van der Waals surface area contributed by atoms with Crippen molar-refractivity contribution in [3.8, 4) is 0 Å². The van der Waals surface area contributed by atoms with Crippen LogP contribution in [-0.2, 0) is 13.5 Å². The van der Waals surface area contributed by atoms with Crippen molar-refractivity contribution >= 4 is 5.91 Å². The van der Waals surface area contributed by atoms with Crippen LogP contribution in [0, 0.1) is 5.92 Å². The number of nitrogens with zero attached hydrogens (tertiary/aromatic N) is 2. The van der Waals surface area contributed by atoms with E-state index in [1.165, 1.54) is 12.8 Å². The van der Waals surface area contributed by atoms with Crippen molar-refractivity contribution in [1.82, 2.24) is 20.4 Å². The van der Waals surface area contributed by atoms with Crippen LogP contribution in [0.15, 0.2) is 6.20 Å². The Morgan fingerprint density at radius 3 is 3.11 bits per heavy atom. The number of carbonyl (C=O) groups excluding carboxylic acids is 1. The SMILES string of the molecule is CCc1nn(C)cc1C(=O)NC(C)C1CCCNC1. The molecule has 0 aliphatic carbocycles. The number of carbonyl (C=O) groups is 1. The van der Waals surface area contributed by atoms with Crippen LogP contribution >= 0.6 is 0 Å². The van der Waals surface area contributed by atoms with E-state index in [1.54, 1.807) is 10.9 Å². The summed E-state index contributed by atoms with van der Waals surface area (Å²) in [5, 5.41) is 10.8. The second-order valence-corrected chi connectivity index (χ2v) is 5.39. The van der Waals surface area contributed by atoms with Crippen molar-refractivity contribution in [3.05, 3.63) is 17.5 Å². The molecule has 1 amide bonds. The Balaban J connectivity index is 1.99. The summed E-state index contributed by atoms with van der Waals surface area (Å²) >= 11 is 0. The van der Waals surface area contributed by atoms with E-state index in [0.29, 0.717) is 11.5 Å². The zero-order valence-corrected chi connectivity index (χ0v) is 12.1. The highest BCUT2D eigenvalue weighted by Gasteiger charge is 2.23. The molecule has 1 aromatic heterocycles. The van der Waals surface area contributed by atoms with Crippen molar-refractivity contribution < 1.29 is 4.79 Å². The van der Waals surface area contributed by atoms with E-state index in [1.807, 2.05) is 14.0 Å². The van der Waals surface area contributed by atoms with Gasteiger partial charge in [-0.25, -0.2) is 0 Å². The van der Waals surface area contributed by atoms with E-state index < -0.39 is 0 Å². The Morgan fingerprint density at radius 2 is 2.47 bits per heavy atom. The van der Waals surface area contributed by atoms with Crippen molar-refractivity contribution in [3.63, 3.8) is 0 Å². The number of nitrogens with one attached hydrogen (secondary N) is 2. The van der Waals surface area contributed by atoms with E-state index in [-0.39, 0.29) is 11.9 Å². The van der Waals surface area contributed by atoms with Crippen LogP contribution in [-0.4, -0.2) is 34.8 Å². The molecule has 5 heteroatoms. The Hall–Kier alpha value is -1.36. The Kier molecular flexibility index (Phi) is 4.58. The first-order valence-electron chi connectivity index (χ1n) is 7.16. The maximum Gasteiger partial charge on any atom is 0.254 e. The molecule has 2 rings (SSSR count). The quantitative estimate of drug-likeness (QED) is 0.856. The first-order valence-corrected chi connectivity index (χ1v) is 7.16. The summed E-state index contributed by atoms with van der Waals surface area (Å²) in [6.07, 6.45) is 4.96. The molecule has 0 radical (unpaired) electrons. The lowest BCUT2D eigenvalue weighted by Crippen LogP contribution is -2.44. The fraction of sp³-hybridized carbons (Fsp3) is 0.714. The molecule has 0 aromatic carbocycles. The fourth-order valence-electron chi connectivity index (χ4n) is 2.69. The van der Waals surface area contributed by atoms with Crippen LogP contribution in [0.2, 0.25) is 0 Å². The summed E-state index contributed by atoms with van der Waals surface area (Å²) in [7, 11) is 1.85. The van der Waals surface area contributed by atoms with E-state index in [0.717, 1.165) is 25.2 Å². The van der Waals surface area contributed by atoms with Gasteiger partial charge < -0.3 is 10.6 Å². The van der Waals surface area contributed by atoms with Crippen LogP contribution in [0.4, 0.5) is 0 Å². The van der Waals surface area contributed by atoms with Gasteiger partial charge in [0.25, 0.3) is 5.91 Å².